The van der Waals surface area contributed by atoms with Crippen LogP contribution >= 0.6 is 11.6 Å². The van der Waals surface area contributed by atoms with E-state index in [9.17, 15) is 9.18 Å². The molecule has 0 bridgehead atoms. The van der Waals surface area contributed by atoms with Crippen LogP contribution in [0.15, 0.2) is 18.2 Å². The van der Waals surface area contributed by atoms with Crippen LogP contribution in [0.2, 0.25) is 5.02 Å². The number of halogens is 2. The summed E-state index contributed by atoms with van der Waals surface area (Å²) in [6.07, 6.45) is 0.588. The van der Waals surface area contributed by atoms with Gasteiger partial charge in [-0.3, -0.25) is 4.79 Å². The van der Waals surface area contributed by atoms with Gasteiger partial charge in [0.25, 0.3) is 0 Å². The highest BCUT2D eigenvalue weighted by Gasteiger charge is 2.16. The molecule has 94 valence electrons. The highest BCUT2D eigenvalue weighted by atomic mass is 35.5. The Bertz CT molecular complexity index is 409. The first kappa shape index (κ1) is 13.9. The van der Waals surface area contributed by atoms with Crippen LogP contribution in [0.5, 0.6) is 0 Å². The molecule has 0 aliphatic rings. The van der Waals surface area contributed by atoms with Crippen LogP contribution in [-0.2, 0) is 4.79 Å². The maximum Gasteiger partial charge on any atom is 0.241 e. The van der Waals surface area contributed by atoms with E-state index >= 15 is 0 Å². The van der Waals surface area contributed by atoms with E-state index in [1.54, 1.807) is 0 Å². The van der Waals surface area contributed by atoms with Crippen LogP contribution < -0.4 is 11.1 Å². The zero-order valence-electron chi connectivity index (χ0n) is 9.84. The molecule has 0 fully saturated rings. The van der Waals surface area contributed by atoms with Gasteiger partial charge < -0.3 is 11.1 Å². The minimum atomic E-state index is -0.587. The Morgan fingerprint density at radius 3 is 2.71 bits per heavy atom. The van der Waals surface area contributed by atoms with Gasteiger partial charge in [-0.25, -0.2) is 4.39 Å². The van der Waals surface area contributed by atoms with Gasteiger partial charge >= 0.3 is 0 Å². The first-order valence-electron chi connectivity index (χ1n) is 5.41. The van der Waals surface area contributed by atoms with Gasteiger partial charge in [0.2, 0.25) is 5.91 Å². The molecule has 0 saturated carbocycles. The number of carbonyl (C=O) groups excluding carboxylic acids is 1. The summed E-state index contributed by atoms with van der Waals surface area (Å²) < 4.78 is 12.8. The molecule has 1 amide bonds. The Balaban J connectivity index is 2.67. The summed E-state index contributed by atoms with van der Waals surface area (Å²) in [6.45, 7) is 3.97. The number of amides is 1. The first-order chi connectivity index (χ1) is 7.90. The van der Waals surface area contributed by atoms with E-state index in [0.29, 0.717) is 18.0 Å². The minimum Gasteiger partial charge on any atom is -0.323 e. The summed E-state index contributed by atoms with van der Waals surface area (Å²) in [5.74, 6) is -0.425. The summed E-state index contributed by atoms with van der Waals surface area (Å²) in [6, 6.07) is 3.20. The van der Waals surface area contributed by atoms with Gasteiger partial charge in [-0.15, -0.1) is 0 Å². The molecule has 0 aliphatic carbocycles. The maximum absolute atomic E-state index is 12.8. The molecule has 1 atom stereocenters. The van der Waals surface area contributed by atoms with Crippen molar-refractivity contribution in [2.24, 2.45) is 11.7 Å². The number of nitrogens with one attached hydrogen (secondary N) is 1. The summed E-state index contributed by atoms with van der Waals surface area (Å²) >= 11 is 5.79. The van der Waals surface area contributed by atoms with Crippen molar-refractivity contribution in [3.63, 3.8) is 0 Å². The lowest BCUT2D eigenvalue weighted by Gasteiger charge is -2.14. The van der Waals surface area contributed by atoms with Crippen LogP contribution in [0.1, 0.15) is 20.3 Å². The Morgan fingerprint density at radius 2 is 2.18 bits per heavy atom. The van der Waals surface area contributed by atoms with Crippen molar-refractivity contribution in [2.45, 2.75) is 26.3 Å². The smallest absolute Gasteiger partial charge is 0.241 e. The van der Waals surface area contributed by atoms with E-state index in [2.05, 4.69) is 5.32 Å². The van der Waals surface area contributed by atoms with Gasteiger partial charge in [-0.2, -0.15) is 0 Å². The van der Waals surface area contributed by atoms with Gasteiger partial charge in [0.05, 0.1) is 16.8 Å². The van der Waals surface area contributed by atoms with Crippen LogP contribution in [0, 0.1) is 11.7 Å². The number of rotatable bonds is 4. The molecule has 0 saturated heterocycles. The van der Waals surface area contributed by atoms with Crippen molar-refractivity contribution < 1.29 is 9.18 Å². The SMILES string of the molecule is CC(C)CC(N)C(=O)Nc1ccc(F)cc1Cl. The average molecular weight is 259 g/mol. The van der Waals surface area contributed by atoms with Crippen molar-refractivity contribution >= 4 is 23.2 Å². The number of benzene rings is 1. The Kier molecular flexibility index (Phi) is 4.90. The van der Waals surface area contributed by atoms with E-state index in [0.717, 1.165) is 6.07 Å². The largest absolute Gasteiger partial charge is 0.323 e. The molecular weight excluding hydrogens is 243 g/mol. The third-order valence-corrected chi connectivity index (χ3v) is 2.56. The molecule has 3 N–H and O–H groups in total. The normalized spacial score (nSPS) is 12.6. The lowest BCUT2D eigenvalue weighted by atomic mass is 10.0. The fourth-order valence-electron chi connectivity index (χ4n) is 1.43. The second-order valence-corrected chi connectivity index (χ2v) is 4.76. The molecule has 0 heterocycles. The third-order valence-electron chi connectivity index (χ3n) is 2.25. The van der Waals surface area contributed by atoms with E-state index < -0.39 is 11.9 Å². The van der Waals surface area contributed by atoms with Gasteiger partial charge in [0.15, 0.2) is 0 Å². The lowest BCUT2D eigenvalue weighted by molar-refractivity contribution is -0.117. The fraction of sp³-hybridized carbons (Fsp3) is 0.417. The van der Waals surface area contributed by atoms with E-state index in [-0.39, 0.29) is 10.9 Å². The zero-order chi connectivity index (χ0) is 13.0. The topological polar surface area (TPSA) is 55.1 Å². The van der Waals surface area contributed by atoms with Crippen LogP contribution in [0.4, 0.5) is 10.1 Å². The monoisotopic (exact) mass is 258 g/mol. The molecule has 0 aliphatic heterocycles. The predicted molar refractivity (Wildman–Crippen MR) is 67.5 cm³/mol. The third kappa shape index (κ3) is 4.32. The number of anilines is 1. The summed E-state index contributed by atoms with van der Waals surface area (Å²) in [5.41, 5.74) is 6.09. The zero-order valence-corrected chi connectivity index (χ0v) is 10.6. The molecule has 0 radical (unpaired) electrons. The summed E-state index contributed by atoms with van der Waals surface area (Å²) in [4.78, 5) is 11.7. The Hall–Kier alpha value is -1.13. The molecule has 0 spiro atoms. The predicted octanol–water partition coefficient (Wildman–Crippen LogP) is 2.79. The van der Waals surface area contributed by atoms with Crippen molar-refractivity contribution in [3.8, 4) is 0 Å². The molecule has 0 aromatic heterocycles. The number of carbonyl (C=O) groups is 1. The van der Waals surface area contributed by atoms with E-state index in [1.165, 1.54) is 12.1 Å². The van der Waals surface area contributed by atoms with Gasteiger partial charge in [-0.1, -0.05) is 25.4 Å². The highest BCUT2D eigenvalue weighted by molar-refractivity contribution is 6.33. The lowest BCUT2D eigenvalue weighted by Crippen LogP contribution is -2.36. The summed E-state index contributed by atoms with van der Waals surface area (Å²) in [7, 11) is 0. The molecule has 5 heteroatoms. The van der Waals surface area contributed by atoms with Crippen molar-refractivity contribution in [1.29, 1.82) is 0 Å². The Labute approximate surface area is 105 Å². The highest BCUT2D eigenvalue weighted by Crippen LogP contribution is 2.22. The molecule has 17 heavy (non-hydrogen) atoms. The van der Waals surface area contributed by atoms with Crippen LogP contribution in [-0.4, -0.2) is 11.9 Å². The van der Waals surface area contributed by atoms with Gasteiger partial charge in [-0.05, 0) is 30.5 Å². The average Bonchev–Trinajstić information content (AvgIpc) is 2.21. The fourth-order valence-corrected chi connectivity index (χ4v) is 1.65. The van der Waals surface area contributed by atoms with E-state index in [4.69, 9.17) is 17.3 Å². The Morgan fingerprint density at radius 1 is 1.53 bits per heavy atom. The second-order valence-electron chi connectivity index (χ2n) is 4.35. The van der Waals surface area contributed by atoms with Gasteiger partial charge in [0.1, 0.15) is 5.82 Å². The van der Waals surface area contributed by atoms with E-state index in [1.807, 2.05) is 13.8 Å². The number of nitrogens with two attached hydrogens (primary N) is 1. The van der Waals surface area contributed by atoms with Crippen molar-refractivity contribution in [2.75, 3.05) is 5.32 Å². The quantitative estimate of drug-likeness (QED) is 0.873. The standard InChI is InChI=1S/C12H16ClFN2O/c1-7(2)5-10(15)12(17)16-11-4-3-8(14)6-9(11)13/h3-4,6-7,10H,5,15H2,1-2H3,(H,16,17). The van der Waals surface area contributed by atoms with Crippen molar-refractivity contribution in [3.05, 3.63) is 29.0 Å². The number of hydrogen-bond donors (Lipinski definition) is 2. The van der Waals surface area contributed by atoms with Crippen LogP contribution in [0.25, 0.3) is 0 Å². The molecule has 1 unspecified atom stereocenters. The second kappa shape index (κ2) is 5.98. The first-order valence-corrected chi connectivity index (χ1v) is 5.79. The molecule has 1 aromatic carbocycles. The molecule has 3 nitrogen and oxygen atoms in total. The number of hydrogen-bond acceptors (Lipinski definition) is 2. The van der Waals surface area contributed by atoms with Crippen molar-refractivity contribution in [1.82, 2.24) is 0 Å². The molecular formula is C12H16ClFN2O. The van der Waals surface area contributed by atoms with Crippen LogP contribution in [0.3, 0.4) is 0 Å². The molecule has 1 aromatic rings. The maximum atomic E-state index is 12.8. The molecule has 1 rings (SSSR count). The minimum absolute atomic E-state index is 0.162. The summed E-state index contributed by atoms with van der Waals surface area (Å²) in [5, 5.41) is 2.74. The van der Waals surface area contributed by atoms with Gasteiger partial charge in [0, 0.05) is 0 Å².